The summed E-state index contributed by atoms with van der Waals surface area (Å²) in [6.45, 7) is 4.05. The number of ketones is 1. The van der Waals surface area contributed by atoms with Gasteiger partial charge in [-0.15, -0.1) is 11.8 Å². The molecular weight excluding hydrogens is 242 g/mol. The molecular formula is C15H15NOS. The molecule has 0 saturated heterocycles. The fourth-order valence-corrected chi connectivity index (χ4v) is 2.38. The van der Waals surface area contributed by atoms with Gasteiger partial charge in [0, 0.05) is 28.4 Å². The van der Waals surface area contributed by atoms with Gasteiger partial charge in [0.1, 0.15) is 0 Å². The molecule has 2 rings (SSSR count). The van der Waals surface area contributed by atoms with Gasteiger partial charge in [-0.05, 0) is 48.6 Å². The minimum atomic E-state index is 0.0271. The van der Waals surface area contributed by atoms with Crippen molar-refractivity contribution in [3.8, 4) is 0 Å². The van der Waals surface area contributed by atoms with E-state index in [0.29, 0.717) is 11.1 Å². The van der Waals surface area contributed by atoms with Crippen LogP contribution in [0.1, 0.15) is 28.4 Å². The van der Waals surface area contributed by atoms with Crippen LogP contribution in [0.3, 0.4) is 0 Å². The number of carbonyl (C=O) groups is 1. The lowest BCUT2D eigenvalue weighted by Crippen LogP contribution is -2.02. The highest BCUT2D eigenvalue weighted by Gasteiger charge is 2.09. The van der Waals surface area contributed by atoms with Gasteiger partial charge in [-0.1, -0.05) is 6.92 Å². The van der Waals surface area contributed by atoms with Crippen molar-refractivity contribution in [3.63, 3.8) is 0 Å². The third kappa shape index (κ3) is 2.99. The van der Waals surface area contributed by atoms with Crippen LogP contribution in [-0.2, 0) is 0 Å². The summed E-state index contributed by atoms with van der Waals surface area (Å²) < 4.78 is 0. The van der Waals surface area contributed by atoms with Crippen molar-refractivity contribution < 1.29 is 4.79 Å². The highest BCUT2D eigenvalue weighted by Crippen LogP contribution is 2.19. The van der Waals surface area contributed by atoms with Crippen molar-refractivity contribution in [2.75, 3.05) is 5.75 Å². The molecule has 2 aromatic rings. The normalized spacial score (nSPS) is 10.3. The van der Waals surface area contributed by atoms with Crippen molar-refractivity contribution in [2.24, 2.45) is 0 Å². The van der Waals surface area contributed by atoms with Gasteiger partial charge in [0.25, 0.3) is 0 Å². The van der Waals surface area contributed by atoms with Crippen LogP contribution in [0, 0.1) is 6.92 Å². The molecule has 2 nitrogen and oxygen atoms in total. The summed E-state index contributed by atoms with van der Waals surface area (Å²) in [5.41, 5.74) is 2.35. The second kappa shape index (κ2) is 5.83. The van der Waals surface area contributed by atoms with E-state index in [0.717, 1.165) is 11.3 Å². The van der Waals surface area contributed by atoms with Gasteiger partial charge < -0.3 is 0 Å². The fraction of sp³-hybridized carbons (Fsp3) is 0.200. The molecule has 0 atom stereocenters. The molecule has 0 bridgehead atoms. The molecule has 0 N–H and O–H groups in total. The van der Waals surface area contributed by atoms with E-state index in [4.69, 9.17) is 0 Å². The summed E-state index contributed by atoms with van der Waals surface area (Å²) in [5, 5.41) is 0. The van der Waals surface area contributed by atoms with Crippen molar-refractivity contribution >= 4 is 17.5 Å². The van der Waals surface area contributed by atoms with Crippen molar-refractivity contribution in [3.05, 3.63) is 59.4 Å². The summed E-state index contributed by atoms with van der Waals surface area (Å²) in [4.78, 5) is 17.5. The first-order valence-corrected chi connectivity index (χ1v) is 6.88. The third-order valence-corrected chi connectivity index (χ3v) is 3.46. The van der Waals surface area contributed by atoms with Crippen molar-refractivity contribution in [1.82, 2.24) is 4.98 Å². The molecule has 3 heteroatoms. The Morgan fingerprint density at radius 3 is 2.50 bits per heavy atom. The number of thioether (sulfide) groups is 1. The van der Waals surface area contributed by atoms with Crippen LogP contribution in [-0.4, -0.2) is 16.5 Å². The van der Waals surface area contributed by atoms with Crippen LogP contribution in [0.5, 0.6) is 0 Å². The number of nitrogens with zero attached hydrogens (tertiary/aromatic N) is 1. The van der Waals surface area contributed by atoms with Gasteiger partial charge in [0.2, 0.25) is 0 Å². The molecule has 0 amide bonds. The quantitative estimate of drug-likeness (QED) is 0.617. The van der Waals surface area contributed by atoms with E-state index in [1.165, 1.54) is 4.90 Å². The summed E-state index contributed by atoms with van der Waals surface area (Å²) in [7, 11) is 0. The van der Waals surface area contributed by atoms with E-state index in [9.17, 15) is 4.79 Å². The Balaban J connectivity index is 2.23. The number of aromatic nitrogens is 1. The predicted octanol–water partition coefficient (Wildman–Crippen LogP) is 3.73. The molecule has 0 saturated carbocycles. The first kappa shape index (κ1) is 12.8. The molecule has 0 unspecified atom stereocenters. The molecule has 1 aromatic carbocycles. The van der Waals surface area contributed by atoms with Crippen LogP contribution in [0.4, 0.5) is 0 Å². The molecule has 0 aliphatic heterocycles. The topological polar surface area (TPSA) is 30.0 Å². The zero-order valence-corrected chi connectivity index (χ0v) is 11.3. The summed E-state index contributed by atoms with van der Waals surface area (Å²) in [6.07, 6.45) is 3.36. The summed E-state index contributed by atoms with van der Waals surface area (Å²) in [6, 6.07) is 9.60. The number of pyridine rings is 1. The number of aryl methyl sites for hydroxylation is 1. The van der Waals surface area contributed by atoms with E-state index in [1.807, 2.05) is 37.3 Å². The lowest BCUT2D eigenvalue weighted by atomic mass is 10.0. The smallest absolute Gasteiger partial charge is 0.194 e. The van der Waals surface area contributed by atoms with E-state index >= 15 is 0 Å². The number of rotatable bonds is 4. The molecule has 1 aromatic heterocycles. The van der Waals surface area contributed by atoms with Crippen molar-refractivity contribution in [2.45, 2.75) is 18.7 Å². The average molecular weight is 257 g/mol. The Morgan fingerprint density at radius 2 is 1.89 bits per heavy atom. The minimum absolute atomic E-state index is 0.0271. The second-order valence-electron chi connectivity index (χ2n) is 4.04. The Hall–Kier alpha value is -1.61. The predicted molar refractivity (Wildman–Crippen MR) is 75.2 cm³/mol. The van der Waals surface area contributed by atoms with E-state index in [2.05, 4.69) is 11.9 Å². The Morgan fingerprint density at radius 1 is 1.17 bits per heavy atom. The maximum Gasteiger partial charge on any atom is 0.194 e. The second-order valence-corrected chi connectivity index (χ2v) is 5.37. The lowest BCUT2D eigenvalue weighted by molar-refractivity contribution is 0.103. The lowest BCUT2D eigenvalue weighted by Gasteiger charge is -2.03. The van der Waals surface area contributed by atoms with Crippen molar-refractivity contribution in [1.29, 1.82) is 0 Å². The van der Waals surface area contributed by atoms with Crippen LogP contribution < -0.4 is 0 Å². The molecule has 18 heavy (non-hydrogen) atoms. The molecule has 0 radical (unpaired) electrons. The molecule has 92 valence electrons. The monoisotopic (exact) mass is 257 g/mol. The fourth-order valence-electron chi connectivity index (χ4n) is 1.71. The Bertz CT molecular complexity index is 549. The maximum absolute atomic E-state index is 12.2. The average Bonchev–Trinajstić information content (AvgIpc) is 2.39. The molecule has 0 aliphatic carbocycles. The standard InChI is InChI=1S/C15H15NOS/c1-3-18-14-6-4-12(5-7-14)15(17)13-8-11(2)9-16-10-13/h4-10H,3H2,1-2H3. The van der Waals surface area contributed by atoms with Gasteiger partial charge >= 0.3 is 0 Å². The van der Waals surface area contributed by atoms with Gasteiger partial charge in [-0.3, -0.25) is 9.78 Å². The number of hydrogen-bond donors (Lipinski definition) is 0. The molecule has 0 fully saturated rings. The minimum Gasteiger partial charge on any atom is -0.289 e. The highest BCUT2D eigenvalue weighted by molar-refractivity contribution is 7.99. The van der Waals surface area contributed by atoms with Gasteiger partial charge in [0.15, 0.2) is 5.78 Å². The summed E-state index contributed by atoms with van der Waals surface area (Å²) in [5.74, 6) is 1.06. The first-order chi connectivity index (χ1) is 8.70. The maximum atomic E-state index is 12.2. The number of carbonyl (C=O) groups excluding carboxylic acids is 1. The Kier molecular flexibility index (Phi) is 4.15. The van der Waals surface area contributed by atoms with E-state index in [-0.39, 0.29) is 5.78 Å². The van der Waals surface area contributed by atoms with Gasteiger partial charge in [-0.2, -0.15) is 0 Å². The first-order valence-electron chi connectivity index (χ1n) is 5.90. The molecule has 0 aliphatic rings. The van der Waals surface area contributed by atoms with Crippen LogP contribution in [0.2, 0.25) is 0 Å². The van der Waals surface area contributed by atoms with Crippen LogP contribution in [0.15, 0.2) is 47.6 Å². The molecule has 1 heterocycles. The van der Waals surface area contributed by atoms with E-state index < -0.39 is 0 Å². The molecule has 0 spiro atoms. The van der Waals surface area contributed by atoms with E-state index in [1.54, 1.807) is 24.2 Å². The number of hydrogen-bond acceptors (Lipinski definition) is 3. The summed E-state index contributed by atoms with van der Waals surface area (Å²) >= 11 is 1.77. The van der Waals surface area contributed by atoms with Gasteiger partial charge in [-0.25, -0.2) is 0 Å². The Labute approximate surface area is 111 Å². The van der Waals surface area contributed by atoms with Crippen LogP contribution in [0.25, 0.3) is 0 Å². The van der Waals surface area contributed by atoms with Crippen LogP contribution >= 0.6 is 11.8 Å². The largest absolute Gasteiger partial charge is 0.289 e. The third-order valence-electron chi connectivity index (χ3n) is 2.56. The SMILES string of the molecule is CCSc1ccc(C(=O)c2cncc(C)c2)cc1. The highest BCUT2D eigenvalue weighted by atomic mass is 32.2. The zero-order chi connectivity index (χ0) is 13.0. The van der Waals surface area contributed by atoms with Gasteiger partial charge in [0.05, 0.1) is 0 Å². The zero-order valence-electron chi connectivity index (χ0n) is 10.5. The number of benzene rings is 1.